The average Bonchev–Trinajstić information content (AvgIpc) is 2.66. The second-order valence-electron chi connectivity index (χ2n) is 6.63. The summed E-state index contributed by atoms with van der Waals surface area (Å²) in [6, 6.07) is 3.83. The van der Waals surface area contributed by atoms with E-state index in [0.717, 1.165) is 5.56 Å². The number of carboxylic acids is 3. The van der Waals surface area contributed by atoms with E-state index in [1.54, 1.807) is 6.07 Å². The molecule has 10 nitrogen and oxygen atoms in total. The zero-order valence-electron chi connectivity index (χ0n) is 16.3. The molecule has 0 spiro atoms. The second-order valence-corrected chi connectivity index (χ2v) is 7.07. The van der Waals surface area contributed by atoms with Crippen LogP contribution in [-0.2, 0) is 20.9 Å². The van der Waals surface area contributed by atoms with Gasteiger partial charge >= 0.3 is 23.9 Å². The van der Waals surface area contributed by atoms with Gasteiger partial charge in [0.2, 0.25) is 0 Å². The lowest BCUT2D eigenvalue weighted by molar-refractivity contribution is -0.140. The third kappa shape index (κ3) is 10.6. The van der Waals surface area contributed by atoms with Gasteiger partial charge in [-0.3, -0.25) is 4.79 Å². The van der Waals surface area contributed by atoms with Gasteiger partial charge in [0.05, 0.1) is 0 Å². The molecular weight excluding hydrogens is 418 g/mol. The summed E-state index contributed by atoms with van der Waals surface area (Å²) in [4.78, 5) is 44.9. The molecule has 166 valence electrons. The van der Waals surface area contributed by atoms with Gasteiger partial charge < -0.3 is 31.3 Å². The Morgan fingerprint density at radius 1 is 0.933 bits per heavy atom. The van der Waals surface area contributed by atoms with Crippen molar-refractivity contribution < 1.29 is 34.5 Å². The Balaban J connectivity index is 2.35. The van der Waals surface area contributed by atoms with E-state index in [1.165, 1.54) is 0 Å². The first-order valence-electron chi connectivity index (χ1n) is 9.38. The van der Waals surface area contributed by atoms with Crippen molar-refractivity contribution >= 4 is 35.5 Å². The lowest BCUT2D eigenvalue weighted by Gasteiger charge is -2.18. The van der Waals surface area contributed by atoms with E-state index in [2.05, 4.69) is 16.0 Å². The lowest BCUT2D eigenvalue weighted by atomic mass is 10.1. The van der Waals surface area contributed by atoms with Gasteiger partial charge in [-0.1, -0.05) is 23.7 Å². The number of carbonyl (C=O) groups is 4. The first kappa shape index (κ1) is 25.2. The van der Waals surface area contributed by atoms with Crippen LogP contribution in [0.5, 0.6) is 0 Å². The first-order valence-corrected chi connectivity index (χ1v) is 9.76. The molecule has 0 aliphatic heterocycles. The Hall–Kier alpha value is -2.85. The quantitative estimate of drug-likeness (QED) is 0.236. The van der Waals surface area contributed by atoms with Crippen molar-refractivity contribution in [3.8, 4) is 0 Å². The summed E-state index contributed by atoms with van der Waals surface area (Å²) in [5.74, 6) is -3.84. The summed E-state index contributed by atoms with van der Waals surface area (Å²) in [7, 11) is 0. The lowest BCUT2D eigenvalue weighted by Crippen LogP contribution is -2.51. The summed E-state index contributed by atoms with van der Waals surface area (Å²) >= 11 is 5.91. The number of amides is 2. The Morgan fingerprint density at radius 3 is 2.13 bits per heavy atom. The Bertz CT molecular complexity index is 745. The molecule has 0 aliphatic rings. The minimum absolute atomic E-state index is 0.161. The Morgan fingerprint density at radius 2 is 1.57 bits per heavy atom. The van der Waals surface area contributed by atoms with Crippen LogP contribution < -0.4 is 16.0 Å². The van der Waals surface area contributed by atoms with E-state index in [0.29, 0.717) is 31.0 Å². The SMILES string of the molecule is O=C(O)CC[C@H](NC(=O)N[C@@H](CCCCNCc1cccc(Cl)c1)C(=O)O)C(=O)O. The summed E-state index contributed by atoms with van der Waals surface area (Å²) in [5.41, 5.74) is 1.03. The minimum Gasteiger partial charge on any atom is -0.481 e. The fourth-order valence-corrected chi connectivity index (χ4v) is 2.83. The number of nitrogens with one attached hydrogen (secondary N) is 3. The van der Waals surface area contributed by atoms with Gasteiger partial charge in [0.1, 0.15) is 12.1 Å². The highest BCUT2D eigenvalue weighted by molar-refractivity contribution is 6.30. The maximum Gasteiger partial charge on any atom is 0.326 e. The van der Waals surface area contributed by atoms with Crippen LogP contribution in [0.4, 0.5) is 4.79 Å². The number of urea groups is 1. The van der Waals surface area contributed by atoms with Crippen LogP contribution >= 0.6 is 11.6 Å². The molecule has 2 atom stereocenters. The Kier molecular flexibility index (Phi) is 11.2. The maximum atomic E-state index is 11.9. The predicted molar refractivity (Wildman–Crippen MR) is 108 cm³/mol. The molecule has 0 unspecified atom stereocenters. The molecular formula is C19H26ClN3O7. The number of rotatable bonds is 14. The molecule has 0 bridgehead atoms. The van der Waals surface area contributed by atoms with Crippen LogP contribution in [0.25, 0.3) is 0 Å². The zero-order valence-corrected chi connectivity index (χ0v) is 17.0. The van der Waals surface area contributed by atoms with E-state index in [4.69, 9.17) is 21.8 Å². The van der Waals surface area contributed by atoms with Gasteiger partial charge in [-0.15, -0.1) is 0 Å². The monoisotopic (exact) mass is 443 g/mol. The van der Waals surface area contributed by atoms with Gasteiger partial charge in [0, 0.05) is 18.0 Å². The van der Waals surface area contributed by atoms with E-state index in [9.17, 15) is 24.3 Å². The van der Waals surface area contributed by atoms with E-state index in [-0.39, 0.29) is 12.8 Å². The van der Waals surface area contributed by atoms with Gasteiger partial charge in [-0.2, -0.15) is 0 Å². The number of benzene rings is 1. The number of unbranched alkanes of at least 4 members (excludes halogenated alkanes) is 1. The van der Waals surface area contributed by atoms with Crippen LogP contribution in [0, 0.1) is 0 Å². The van der Waals surface area contributed by atoms with Crippen molar-refractivity contribution in [3.63, 3.8) is 0 Å². The Labute approximate surface area is 178 Å². The average molecular weight is 444 g/mol. The highest BCUT2D eigenvalue weighted by atomic mass is 35.5. The van der Waals surface area contributed by atoms with Crippen molar-refractivity contribution in [1.29, 1.82) is 0 Å². The molecule has 2 amide bonds. The van der Waals surface area contributed by atoms with E-state index >= 15 is 0 Å². The van der Waals surface area contributed by atoms with E-state index in [1.807, 2.05) is 18.2 Å². The molecule has 1 rings (SSSR count). The fourth-order valence-electron chi connectivity index (χ4n) is 2.62. The standard InChI is InChI=1S/C19H26ClN3O7/c20-13-5-3-4-12(10-13)11-21-9-2-1-6-14(17(26)27)22-19(30)23-15(18(28)29)7-8-16(24)25/h3-5,10,14-15,21H,1-2,6-9,11H2,(H,24,25)(H,26,27)(H,28,29)(H2,22,23,30)/t14-,15-/m0/s1. The second kappa shape index (κ2) is 13.4. The van der Waals surface area contributed by atoms with Crippen molar-refractivity contribution in [1.82, 2.24) is 16.0 Å². The number of carbonyl (C=O) groups excluding carboxylic acids is 1. The largest absolute Gasteiger partial charge is 0.481 e. The third-order valence-corrected chi connectivity index (χ3v) is 4.40. The van der Waals surface area contributed by atoms with Crippen LogP contribution in [0.15, 0.2) is 24.3 Å². The zero-order chi connectivity index (χ0) is 22.5. The third-order valence-electron chi connectivity index (χ3n) is 4.17. The van der Waals surface area contributed by atoms with Crippen molar-refractivity contribution in [2.75, 3.05) is 6.54 Å². The van der Waals surface area contributed by atoms with Crippen LogP contribution in [0.3, 0.4) is 0 Å². The van der Waals surface area contributed by atoms with Crippen molar-refractivity contribution in [2.24, 2.45) is 0 Å². The van der Waals surface area contributed by atoms with Crippen molar-refractivity contribution in [2.45, 2.75) is 50.7 Å². The van der Waals surface area contributed by atoms with Crippen LogP contribution in [0.1, 0.15) is 37.7 Å². The highest BCUT2D eigenvalue weighted by Gasteiger charge is 2.24. The van der Waals surface area contributed by atoms with Gasteiger partial charge in [0.25, 0.3) is 0 Å². The normalized spacial score (nSPS) is 12.6. The van der Waals surface area contributed by atoms with Gasteiger partial charge in [-0.25, -0.2) is 14.4 Å². The predicted octanol–water partition coefficient (Wildman–Crippen LogP) is 1.67. The summed E-state index contributed by atoms with van der Waals surface area (Å²) < 4.78 is 0. The number of hydrogen-bond donors (Lipinski definition) is 6. The number of halogens is 1. The van der Waals surface area contributed by atoms with Gasteiger partial charge in [0.15, 0.2) is 0 Å². The molecule has 0 heterocycles. The summed E-state index contributed by atoms with van der Waals surface area (Å²) in [6.45, 7) is 1.26. The summed E-state index contributed by atoms with van der Waals surface area (Å²) in [5, 5.41) is 35.1. The molecule has 6 N–H and O–H groups in total. The maximum absolute atomic E-state index is 11.9. The van der Waals surface area contributed by atoms with E-state index < -0.39 is 42.4 Å². The van der Waals surface area contributed by atoms with Crippen LogP contribution in [0.2, 0.25) is 5.02 Å². The molecule has 0 radical (unpaired) electrons. The highest BCUT2D eigenvalue weighted by Crippen LogP contribution is 2.10. The molecule has 11 heteroatoms. The smallest absolute Gasteiger partial charge is 0.326 e. The molecule has 0 saturated carbocycles. The molecule has 0 aliphatic carbocycles. The number of carboxylic acid groups (broad SMARTS) is 3. The van der Waals surface area contributed by atoms with Crippen LogP contribution in [-0.4, -0.2) is 57.9 Å². The topological polar surface area (TPSA) is 165 Å². The molecule has 30 heavy (non-hydrogen) atoms. The molecule has 0 saturated heterocycles. The first-order chi connectivity index (χ1) is 14.2. The van der Waals surface area contributed by atoms with Crippen molar-refractivity contribution in [3.05, 3.63) is 34.9 Å². The number of hydrogen-bond acceptors (Lipinski definition) is 5. The fraction of sp³-hybridized carbons (Fsp3) is 0.474. The molecule has 0 aromatic heterocycles. The van der Waals surface area contributed by atoms with Gasteiger partial charge in [-0.05, 0) is 49.9 Å². The number of aliphatic carboxylic acids is 3. The summed E-state index contributed by atoms with van der Waals surface area (Å²) in [6.07, 6.45) is 0.593. The minimum atomic E-state index is -1.42. The molecule has 1 aromatic carbocycles. The molecule has 1 aromatic rings. The molecule has 0 fully saturated rings.